The van der Waals surface area contributed by atoms with Crippen molar-refractivity contribution in [3.8, 4) is 11.1 Å². The molecule has 4 aromatic rings. The molecule has 0 spiro atoms. The third-order valence-electron chi connectivity index (χ3n) is 11.8. The van der Waals surface area contributed by atoms with Crippen molar-refractivity contribution < 1.29 is 75.4 Å². The molecule has 360 valence electrons. The van der Waals surface area contributed by atoms with E-state index >= 15 is 0 Å². The van der Waals surface area contributed by atoms with E-state index < -0.39 is 23.5 Å². The average Bonchev–Trinajstić information content (AvgIpc) is 3.79. The van der Waals surface area contributed by atoms with Gasteiger partial charge in [0.05, 0.1) is 0 Å². The van der Waals surface area contributed by atoms with Crippen molar-refractivity contribution in [2.75, 3.05) is 0 Å². The zero-order valence-electron chi connectivity index (χ0n) is 41.9. The van der Waals surface area contributed by atoms with Crippen LogP contribution in [0.25, 0.3) is 11.1 Å². The Hall–Kier alpha value is -2.73. The smallest absolute Gasteiger partial charge is 1.00 e. The molecule has 1 atom stereocenters. The van der Waals surface area contributed by atoms with Gasteiger partial charge in [0.25, 0.3) is 0 Å². The molecule has 2 aliphatic rings. The molecule has 0 radical (unpaired) electrons. The molecule has 0 aromatic heterocycles. The number of alkyl halides is 6. The minimum absolute atomic E-state index is 0. The molecule has 6 rings (SSSR count). The molecule has 66 heavy (non-hydrogen) atoms. The van der Waals surface area contributed by atoms with Gasteiger partial charge in [0.2, 0.25) is 0 Å². The number of unbranched alkanes of at least 4 members (excludes halogenated alkanes) is 1. The number of rotatable bonds is 5. The van der Waals surface area contributed by atoms with Gasteiger partial charge >= 0.3 is 137 Å². The summed E-state index contributed by atoms with van der Waals surface area (Å²) in [5, 5.41) is 0. The van der Waals surface area contributed by atoms with Gasteiger partial charge in [-0.2, -0.15) is 29.3 Å². The third-order valence-corrected chi connectivity index (χ3v) is 13.2. The molecule has 0 saturated carbocycles. The number of hydrogen-bond acceptors (Lipinski definition) is 0. The van der Waals surface area contributed by atoms with Crippen molar-refractivity contribution in [1.29, 1.82) is 0 Å². The summed E-state index contributed by atoms with van der Waals surface area (Å²) >= 11 is 0.898. The van der Waals surface area contributed by atoms with Gasteiger partial charge in [-0.25, -0.2) is 6.08 Å². The fourth-order valence-corrected chi connectivity index (χ4v) is 8.83. The van der Waals surface area contributed by atoms with E-state index in [1.54, 1.807) is 0 Å². The summed E-state index contributed by atoms with van der Waals surface area (Å²) in [6.07, 6.45) is 4.06. The van der Waals surface area contributed by atoms with Gasteiger partial charge in [0.1, 0.15) is 0 Å². The third kappa shape index (κ3) is 15.4. The van der Waals surface area contributed by atoms with E-state index in [0.717, 1.165) is 54.9 Å². The molecule has 0 amide bonds. The SMILES string of the molecule is CC(C)(C)c1[c-]c2c(cc1C(C)(C)C)-c1cc(C(C)(C)C)c(C(C)(C)C)cc1C2.CCCCC1[C-]=CC(C(C)(C)C)=C1.FC(F)(F)c1ccc([C](=[Zr+2])c2ccc(C(F)(F)F)cc2)cc1.[Cl-].[Cl-]. The van der Waals surface area contributed by atoms with Gasteiger partial charge in [0.15, 0.2) is 0 Å². The van der Waals surface area contributed by atoms with Crippen molar-refractivity contribution in [3.05, 3.63) is 152 Å². The first-order valence-corrected chi connectivity index (χ1v) is 23.8. The average molecular weight is 1030 g/mol. The normalized spacial score (nSPS) is 15.0. The van der Waals surface area contributed by atoms with Crippen molar-refractivity contribution in [2.24, 2.45) is 11.3 Å². The minimum atomic E-state index is -4.41. The fraction of sp³-hybridized carbons (Fsp3) is 0.491. The molecule has 1 unspecified atom stereocenters. The summed E-state index contributed by atoms with van der Waals surface area (Å²) in [4.78, 5) is 0. The van der Waals surface area contributed by atoms with Crippen LogP contribution < -0.4 is 24.8 Å². The topological polar surface area (TPSA) is 0 Å². The molecule has 0 N–H and O–H groups in total. The first kappa shape index (κ1) is 59.4. The quantitative estimate of drug-likeness (QED) is 0.122. The Balaban J connectivity index is 0.000000359. The Bertz CT molecular complexity index is 2190. The van der Waals surface area contributed by atoms with Gasteiger partial charge in [0, 0.05) is 0 Å². The van der Waals surface area contributed by atoms with Crippen LogP contribution >= 0.6 is 0 Å². The van der Waals surface area contributed by atoms with E-state index in [9.17, 15) is 26.3 Å². The van der Waals surface area contributed by atoms with Crippen LogP contribution in [0.1, 0.15) is 186 Å². The van der Waals surface area contributed by atoms with Crippen LogP contribution in [0.15, 0.2) is 84.5 Å². The van der Waals surface area contributed by atoms with Crippen molar-refractivity contribution in [1.82, 2.24) is 0 Å². The van der Waals surface area contributed by atoms with Gasteiger partial charge in [-0.15, -0.1) is 16.7 Å². The summed E-state index contributed by atoms with van der Waals surface area (Å²) < 4.78 is 75.6. The van der Waals surface area contributed by atoms with Crippen LogP contribution in [-0.4, -0.2) is 3.21 Å². The number of benzene rings is 4. The largest absolute Gasteiger partial charge is 1.00 e. The molecule has 0 fully saturated rings. The predicted octanol–water partition coefficient (Wildman–Crippen LogP) is 11.2. The molecule has 4 aromatic carbocycles. The van der Waals surface area contributed by atoms with E-state index in [1.807, 2.05) is 0 Å². The maximum atomic E-state index is 12.5. The number of halogens is 8. The van der Waals surface area contributed by atoms with Crippen molar-refractivity contribution in [3.63, 3.8) is 0 Å². The molecule has 9 heteroatoms. The van der Waals surface area contributed by atoms with Crippen LogP contribution in [0.5, 0.6) is 0 Å². The second-order valence-electron chi connectivity index (χ2n) is 22.6. The molecule has 0 saturated heterocycles. The monoisotopic (exact) mass is 1030 g/mol. The molecular weight excluding hydrogens is 961 g/mol. The number of allylic oxidation sites excluding steroid dienone is 4. The Kier molecular flexibility index (Phi) is 19.7. The minimum Gasteiger partial charge on any atom is -1.00 e. The zero-order valence-corrected chi connectivity index (χ0v) is 45.9. The van der Waals surface area contributed by atoms with Crippen LogP contribution in [0.3, 0.4) is 0 Å². The Morgan fingerprint density at radius 2 is 1.00 bits per heavy atom. The van der Waals surface area contributed by atoms with Gasteiger partial charge in [-0.1, -0.05) is 164 Å². The Morgan fingerprint density at radius 1 is 0.576 bits per heavy atom. The van der Waals surface area contributed by atoms with E-state index in [0.29, 0.717) is 25.7 Å². The van der Waals surface area contributed by atoms with Crippen LogP contribution in [0.4, 0.5) is 26.3 Å². The molecule has 0 heterocycles. The molecular formula is C57H70Cl2F6Zr-2. The zero-order chi connectivity index (χ0) is 48.6. The van der Waals surface area contributed by atoms with Crippen molar-refractivity contribution >= 4 is 3.21 Å². The van der Waals surface area contributed by atoms with Crippen LogP contribution in [-0.2, 0) is 64.7 Å². The molecule has 0 aliphatic heterocycles. The number of hydrogen-bond donors (Lipinski definition) is 0. The first-order valence-electron chi connectivity index (χ1n) is 22.6. The Morgan fingerprint density at radius 3 is 1.36 bits per heavy atom. The van der Waals surface area contributed by atoms with E-state index in [4.69, 9.17) is 0 Å². The second kappa shape index (κ2) is 21.9. The summed E-state index contributed by atoms with van der Waals surface area (Å²) in [5.74, 6) is 0.592. The maximum absolute atomic E-state index is 12.5. The molecule has 2 aliphatic carbocycles. The summed E-state index contributed by atoms with van der Waals surface area (Å²) in [6, 6.07) is 20.5. The Labute approximate surface area is 421 Å². The van der Waals surface area contributed by atoms with Gasteiger partial charge < -0.3 is 24.8 Å². The summed E-state index contributed by atoms with van der Waals surface area (Å²) in [5.41, 5.74) is 13.3. The van der Waals surface area contributed by atoms with E-state index in [1.165, 1.54) is 93.6 Å². The van der Waals surface area contributed by atoms with Crippen LogP contribution in [0.2, 0.25) is 0 Å². The van der Waals surface area contributed by atoms with Gasteiger partial charge in [-0.3, -0.25) is 6.08 Å². The van der Waals surface area contributed by atoms with Crippen molar-refractivity contribution in [2.45, 2.75) is 170 Å². The van der Waals surface area contributed by atoms with Crippen LogP contribution in [0, 0.1) is 23.5 Å². The molecule has 0 nitrogen and oxygen atoms in total. The summed E-state index contributed by atoms with van der Waals surface area (Å²) in [7, 11) is 0. The van der Waals surface area contributed by atoms with E-state index in [-0.39, 0.29) is 46.5 Å². The number of fused-ring (bicyclic) bond motifs is 3. The second-order valence-corrected chi connectivity index (χ2v) is 23.9. The fourth-order valence-electron chi connectivity index (χ4n) is 8.01. The first-order chi connectivity index (χ1) is 29.0. The summed E-state index contributed by atoms with van der Waals surface area (Å²) in [6.45, 7) is 37.0. The predicted molar refractivity (Wildman–Crippen MR) is 253 cm³/mol. The van der Waals surface area contributed by atoms with Gasteiger partial charge in [-0.05, 0) is 39.4 Å². The molecule has 0 bridgehead atoms. The van der Waals surface area contributed by atoms with E-state index in [2.05, 4.69) is 153 Å². The maximum Gasteiger partial charge on any atom is -1.00 e. The standard InChI is InChI=1S/C29H41.C15H8F6.C13H21.2ClH.Zr/c1-26(2,3)22-14-18-13-19-15-23(27(4,5)6)25(29(10,11)12)17-21(19)20(18)16-24(22)28(7,8)9;16-14(17,18)12-5-1-10(2-6-12)9-11-3-7-13(8-4-11)15(19,20)21;1-5-6-7-11-8-9-12(10-11)13(2,3)4;;;/h14,16-17H,13H2,1-12H3;1-8H;9-11H,5-7H2,1-4H3;2*1H;/q-1;;-1;;;+2/p-2.